The van der Waals surface area contributed by atoms with Crippen LogP contribution in [0.25, 0.3) is 11.0 Å². The Morgan fingerprint density at radius 1 is 0.768 bits per heavy atom. The van der Waals surface area contributed by atoms with Crippen LogP contribution in [0.3, 0.4) is 0 Å². The highest BCUT2D eigenvalue weighted by Crippen LogP contribution is 2.39. The van der Waals surface area contributed by atoms with Gasteiger partial charge in [0.05, 0.1) is 93.6 Å². The number of ether oxygens (including phenoxy) is 5. The van der Waals surface area contributed by atoms with E-state index in [1.807, 2.05) is 55.5 Å². The number of nitrogens with zero attached hydrogens (tertiary/aromatic N) is 3. The predicted octanol–water partition coefficient (Wildman–Crippen LogP) is 3.72. The van der Waals surface area contributed by atoms with E-state index in [4.69, 9.17) is 35.2 Å². The number of hydrogen-bond donors (Lipinski definition) is 3. The van der Waals surface area contributed by atoms with Crippen LogP contribution < -0.4 is 27.4 Å². The van der Waals surface area contributed by atoms with Crippen molar-refractivity contribution in [1.29, 1.82) is 0 Å². The maximum atomic E-state index is 13.8. The number of benzene rings is 3. The Kier molecular flexibility index (Phi) is 18.5. The van der Waals surface area contributed by atoms with Crippen LogP contribution in [-0.4, -0.2) is 116 Å². The standard InChI is InChI=1S/C52H68N6O11/c1-34(42(18-21-48(54)61)55-50(62)46-31-39-9-3-8-38-15-17-41(53)51(63)58(46)49(38)39)69-33-37-12-10-35(11-13-37)6-4-22-65-24-26-67-28-29-68-27-25-66-23-5-7-36-14-19-43-45(30-36)56(2)52(64)57(43)44-20-16-40(59)32-47(44)60/h3,8-14,19,30,34,41-42,44,46H,4-7,15-18,20-29,31-33,53H2,1-2H3,(H2,54,61)(H,55,62)/t34-,41+,42+,44?,46+/m1/s1. The zero-order valence-electron chi connectivity index (χ0n) is 40.0. The quantitative estimate of drug-likeness (QED) is 0.0575. The monoisotopic (exact) mass is 952 g/mol. The lowest BCUT2D eigenvalue weighted by molar-refractivity contribution is -0.132. The first-order valence-electron chi connectivity index (χ1n) is 24.4. The lowest BCUT2D eigenvalue weighted by Gasteiger charge is -2.30. The van der Waals surface area contributed by atoms with Crippen molar-refractivity contribution in [3.8, 4) is 0 Å². The number of carbonyl (C=O) groups is 5. The molecule has 69 heavy (non-hydrogen) atoms. The van der Waals surface area contributed by atoms with Crippen molar-refractivity contribution in [1.82, 2.24) is 14.5 Å². The molecule has 7 rings (SSSR count). The minimum atomic E-state index is -0.739. The van der Waals surface area contributed by atoms with Crippen LogP contribution in [0.4, 0.5) is 5.69 Å². The summed E-state index contributed by atoms with van der Waals surface area (Å²) in [5.41, 5.74) is 19.0. The van der Waals surface area contributed by atoms with Crippen LogP contribution in [0.1, 0.15) is 92.1 Å². The number of nitrogens with two attached hydrogens (primary N) is 2. The van der Waals surface area contributed by atoms with E-state index in [0.717, 1.165) is 59.1 Å². The van der Waals surface area contributed by atoms with Crippen LogP contribution in [0.5, 0.6) is 0 Å². The molecule has 0 bridgehead atoms. The summed E-state index contributed by atoms with van der Waals surface area (Å²) < 4.78 is 32.1. The molecule has 3 aromatic carbocycles. The molecular weight excluding hydrogens is 885 g/mol. The first kappa shape index (κ1) is 51.3. The van der Waals surface area contributed by atoms with Crippen molar-refractivity contribution in [3.63, 3.8) is 0 Å². The van der Waals surface area contributed by atoms with Gasteiger partial charge in [-0.1, -0.05) is 48.5 Å². The number of aromatic nitrogens is 2. The first-order chi connectivity index (χ1) is 33.4. The number of para-hydroxylation sites is 1. The van der Waals surface area contributed by atoms with Gasteiger partial charge in [-0.2, -0.15) is 0 Å². The number of fused-ring (bicyclic) bond motifs is 1. The summed E-state index contributed by atoms with van der Waals surface area (Å²) in [6, 6.07) is 17.4. The number of carbonyl (C=O) groups excluding carboxylic acids is 5. The Hall–Kier alpha value is -5.56. The summed E-state index contributed by atoms with van der Waals surface area (Å²) in [4.78, 5) is 77.9. The normalized spacial score (nSPS) is 18.9. The molecule has 3 amide bonds. The average molecular weight is 953 g/mol. The van der Waals surface area contributed by atoms with Gasteiger partial charge in [-0.15, -0.1) is 0 Å². The van der Waals surface area contributed by atoms with Gasteiger partial charge in [-0.3, -0.25) is 38.0 Å². The Labute approximate surface area is 403 Å². The molecule has 5 N–H and O–H groups in total. The van der Waals surface area contributed by atoms with Gasteiger partial charge in [-0.25, -0.2) is 4.79 Å². The van der Waals surface area contributed by atoms with Gasteiger partial charge in [0.15, 0.2) is 5.78 Å². The number of nitrogens with one attached hydrogen (secondary N) is 1. The van der Waals surface area contributed by atoms with Crippen molar-refractivity contribution in [2.24, 2.45) is 18.5 Å². The summed E-state index contributed by atoms with van der Waals surface area (Å²) in [5, 5.41) is 3.08. The third-order valence-electron chi connectivity index (χ3n) is 13.4. The molecule has 1 aliphatic carbocycles. The molecule has 1 unspecified atom stereocenters. The van der Waals surface area contributed by atoms with Gasteiger partial charge in [0, 0.05) is 39.5 Å². The van der Waals surface area contributed by atoms with Crippen LogP contribution in [0.15, 0.2) is 65.5 Å². The fourth-order valence-corrected chi connectivity index (χ4v) is 9.53. The summed E-state index contributed by atoms with van der Waals surface area (Å²) >= 11 is 0. The van der Waals surface area contributed by atoms with Gasteiger partial charge < -0.3 is 40.5 Å². The number of aryl methyl sites for hydroxylation is 4. The minimum absolute atomic E-state index is 0.0654. The number of imidazole rings is 1. The van der Waals surface area contributed by atoms with E-state index in [0.29, 0.717) is 104 Å². The third kappa shape index (κ3) is 13.4. The van der Waals surface area contributed by atoms with Crippen LogP contribution in [-0.2, 0) is 87.0 Å². The van der Waals surface area contributed by atoms with Gasteiger partial charge >= 0.3 is 5.69 Å². The third-order valence-corrected chi connectivity index (χ3v) is 13.4. The molecule has 17 nitrogen and oxygen atoms in total. The first-order valence-corrected chi connectivity index (χ1v) is 24.4. The largest absolute Gasteiger partial charge is 0.379 e. The summed E-state index contributed by atoms with van der Waals surface area (Å²) in [7, 11) is 1.71. The van der Waals surface area contributed by atoms with Crippen molar-refractivity contribution >= 4 is 46.0 Å². The van der Waals surface area contributed by atoms with Crippen LogP contribution in [0.2, 0.25) is 0 Å². The number of Topliss-reactive ketones (excluding diaryl/α,β-unsaturated/α-hetero) is 2. The molecule has 3 aliphatic rings. The lowest BCUT2D eigenvalue weighted by atomic mass is 9.92. The lowest BCUT2D eigenvalue weighted by Crippen LogP contribution is -2.55. The van der Waals surface area contributed by atoms with E-state index in [2.05, 4.69) is 17.4 Å². The molecule has 5 atom stereocenters. The number of ketones is 2. The highest BCUT2D eigenvalue weighted by atomic mass is 16.6. The Morgan fingerprint density at radius 3 is 2.06 bits per heavy atom. The van der Waals surface area contributed by atoms with Gasteiger partial charge in [-0.05, 0) is 98.2 Å². The molecule has 4 aromatic rings. The second kappa shape index (κ2) is 24.8. The van der Waals surface area contributed by atoms with Crippen molar-refractivity contribution < 1.29 is 47.7 Å². The number of anilines is 1. The molecule has 3 heterocycles. The molecule has 17 heteroatoms. The predicted molar refractivity (Wildman–Crippen MR) is 259 cm³/mol. The fraction of sp³-hybridized carbons (Fsp3) is 0.538. The Morgan fingerprint density at radius 2 is 1.39 bits per heavy atom. The van der Waals surface area contributed by atoms with E-state index >= 15 is 0 Å². The number of hydrogen-bond acceptors (Lipinski definition) is 12. The average Bonchev–Trinajstić information content (AvgIpc) is 3.81. The number of rotatable bonds is 27. The Balaban J connectivity index is 0.709. The summed E-state index contributed by atoms with van der Waals surface area (Å²) in [6.45, 7) is 6.21. The summed E-state index contributed by atoms with van der Waals surface area (Å²) in [5.74, 6) is -1.30. The maximum absolute atomic E-state index is 13.8. The smallest absolute Gasteiger partial charge is 0.329 e. The maximum Gasteiger partial charge on any atom is 0.329 e. The molecule has 1 fully saturated rings. The molecule has 1 aromatic heterocycles. The van der Waals surface area contributed by atoms with E-state index in [9.17, 15) is 28.8 Å². The second-order valence-electron chi connectivity index (χ2n) is 18.4. The molecule has 1 saturated carbocycles. The zero-order valence-corrected chi connectivity index (χ0v) is 40.0. The molecule has 0 saturated heterocycles. The highest BCUT2D eigenvalue weighted by Gasteiger charge is 2.43. The van der Waals surface area contributed by atoms with Crippen LogP contribution >= 0.6 is 0 Å². The topological polar surface area (TPSA) is 226 Å². The number of amides is 3. The molecule has 2 aliphatic heterocycles. The SMILES string of the molecule is C[C@@H](OCc1ccc(CCCOCCOCCOCCOCCCc2ccc3c(c2)n(C)c(=O)n3C2CCC(=O)CC2=O)cc1)[C@H](CCC(N)=O)NC(=O)[C@@H]1Cc2cccc3c2N1C(=O)[C@@H](N)CC3. The van der Waals surface area contributed by atoms with E-state index in [-0.39, 0.29) is 41.9 Å². The molecule has 0 spiro atoms. The van der Waals surface area contributed by atoms with Gasteiger partial charge in [0.2, 0.25) is 17.7 Å². The molecule has 372 valence electrons. The zero-order chi connectivity index (χ0) is 48.9. The minimum Gasteiger partial charge on any atom is -0.379 e. The molecular formula is C52H68N6O11. The number of primary amides is 1. The molecule has 0 radical (unpaired) electrons. The van der Waals surface area contributed by atoms with E-state index < -0.39 is 36.2 Å². The van der Waals surface area contributed by atoms with Gasteiger partial charge in [0.25, 0.3) is 0 Å². The Bertz CT molecular complexity index is 2480. The second-order valence-corrected chi connectivity index (χ2v) is 18.4. The van der Waals surface area contributed by atoms with Crippen molar-refractivity contribution in [3.05, 3.63) is 99.0 Å². The van der Waals surface area contributed by atoms with E-state index in [1.165, 1.54) is 5.56 Å². The van der Waals surface area contributed by atoms with E-state index in [1.54, 1.807) is 21.1 Å². The van der Waals surface area contributed by atoms with Crippen LogP contribution in [0, 0.1) is 0 Å². The summed E-state index contributed by atoms with van der Waals surface area (Å²) in [6.07, 6.45) is 5.39. The van der Waals surface area contributed by atoms with Gasteiger partial charge in [0.1, 0.15) is 11.8 Å². The fourth-order valence-electron chi connectivity index (χ4n) is 9.53. The van der Waals surface area contributed by atoms with Crippen molar-refractivity contribution in [2.75, 3.05) is 57.8 Å². The highest BCUT2D eigenvalue weighted by molar-refractivity contribution is 6.07. The van der Waals surface area contributed by atoms with Crippen molar-refractivity contribution in [2.45, 2.75) is 121 Å².